The number of hydrogen-bond acceptors (Lipinski definition) is 3. The van der Waals surface area contributed by atoms with Crippen molar-refractivity contribution in [1.29, 1.82) is 0 Å². The van der Waals surface area contributed by atoms with Gasteiger partial charge in [-0.3, -0.25) is 4.79 Å². The van der Waals surface area contributed by atoms with Gasteiger partial charge in [0.2, 0.25) is 8.32 Å². The number of ether oxygens (including phenoxy) is 1. The van der Waals surface area contributed by atoms with Gasteiger partial charge in [0.25, 0.3) is 6.47 Å². The molecule has 0 aromatic carbocycles. The van der Waals surface area contributed by atoms with Crippen molar-refractivity contribution in [2.75, 3.05) is 0 Å². The van der Waals surface area contributed by atoms with Crippen LogP contribution in [0, 0.1) is 0 Å². The number of unbranched alkanes of at least 4 members (excludes halogenated alkanes) is 2. The van der Waals surface area contributed by atoms with E-state index < -0.39 is 8.32 Å². The minimum Gasteiger partial charge on any atom is -0.548 e. The van der Waals surface area contributed by atoms with Crippen LogP contribution in [-0.4, -0.2) is 20.9 Å². The van der Waals surface area contributed by atoms with Crippen molar-refractivity contribution in [3.63, 3.8) is 0 Å². The molecular formula is C15H30O3Si. The number of rotatable bonds is 12. The van der Waals surface area contributed by atoms with Gasteiger partial charge in [-0.05, 0) is 45.3 Å². The maximum absolute atomic E-state index is 10.5. The Balaban J connectivity index is 3.85. The zero-order valence-corrected chi connectivity index (χ0v) is 14.0. The van der Waals surface area contributed by atoms with Crippen LogP contribution in [-0.2, 0) is 14.0 Å². The zero-order valence-electron chi connectivity index (χ0n) is 13.0. The monoisotopic (exact) mass is 286 g/mol. The Morgan fingerprint density at radius 1 is 1.21 bits per heavy atom. The topological polar surface area (TPSA) is 35.5 Å². The minimum atomic E-state index is -1.53. The Kier molecular flexibility index (Phi) is 9.66. The molecule has 112 valence electrons. The third kappa shape index (κ3) is 12.0. The highest BCUT2D eigenvalue weighted by Crippen LogP contribution is 2.17. The molecule has 4 heteroatoms. The highest BCUT2D eigenvalue weighted by molar-refractivity contribution is 6.70. The third-order valence-corrected chi connectivity index (χ3v) is 3.71. The van der Waals surface area contributed by atoms with Crippen LogP contribution in [0.15, 0.2) is 12.3 Å². The van der Waals surface area contributed by atoms with Crippen LogP contribution in [0.2, 0.25) is 19.6 Å². The van der Waals surface area contributed by atoms with Gasteiger partial charge in [0.05, 0.1) is 5.76 Å². The van der Waals surface area contributed by atoms with E-state index in [0.29, 0.717) is 6.47 Å². The zero-order chi connectivity index (χ0) is 14.7. The molecule has 0 aliphatic rings. The lowest BCUT2D eigenvalue weighted by atomic mass is 10.0. The smallest absolute Gasteiger partial charge is 0.293 e. The molecule has 0 unspecified atom stereocenters. The van der Waals surface area contributed by atoms with Gasteiger partial charge in [-0.2, -0.15) is 0 Å². The molecule has 0 heterocycles. The average Bonchev–Trinajstić information content (AvgIpc) is 2.27. The maximum atomic E-state index is 10.5. The van der Waals surface area contributed by atoms with Gasteiger partial charge in [-0.15, -0.1) is 0 Å². The lowest BCUT2D eigenvalue weighted by Gasteiger charge is -2.21. The first-order chi connectivity index (χ1) is 8.89. The summed E-state index contributed by atoms with van der Waals surface area (Å²) in [5.41, 5.74) is 0. The van der Waals surface area contributed by atoms with E-state index in [9.17, 15) is 4.79 Å². The molecule has 0 aromatic rings. The minimum absolute atomic E-state index is 0.0590. The Hall–Kier alpha value is -0.773. The maximum Gasteiger partial charge on any atom is 0.293 e. The molecule has 0 bridgehead atoms. The Morgan fingerprint density at radius 2 is 1.84 bits per heavy atom. The standard InChI is InChI=1S/C15H30O3Si/c1-6-7-8-11-15(17-13-16)12-9-10-14(2)18-19(3,4)5/h13,15H,2,6-12H2,1,3-5H3/t15-/m1/s1. The summed E-state index contributed by atoms with van der Waals surface area (Å²) in [5, 5.41) is 0. The van der Waals surface area contributed by atoms with Crippen molar-refractivity contribution < 1.29 is 14.0 Å². The highest BCUT2D eigenvalue weighted by atomic mass is 28.4. The van der Waals surface area contributed by atoms with E-state index in [1.807, 2.05) is 0 Å². The fraction of sp³-hybridized carbons (Fsp3) is 0.800. The lowest BCUT2D eigenvalue weighted by Crippen LogP contribution is -2.24. The van der Waals surface area contributed by atoms with Crippen molar-refractivity contribution in [2.45, 2.75) is 77.6 Å². The number of carbonyl (C=O) groups excluding carboxylic acids is 1. The average molecular weight is 286 g/mol. The van der Waals surface area contributed by atoms with Crippen LogP contribution in [0.5, 0.6) is 0 Å². The quantitative estimate of drug-likeness (QED) is 0.227. The van der Waals surface area contributed by atoms with Gasteiger partial charge < -0.3 is 9.16 Å². The molecule has 0 saturated heterocycles. The molecule has 1 atom stereocenters. The Labute approximate surface area is 119 Å². The first-order valence-electron chi connectivity index (χ1n) is 7.35. The largest absolute Gasteiger partial charge is 0.548 e. The van der Waals surface area contributed by atoms with Crippen LogP contribution < -0.4 is 0 Å². The van der Waals surface area contributed by atoms with Crippen LogP contribution >= 0.6 is 0 Å². The second kappa shape index (κ2) is 10.1. The first-order valence-corrected chi connectivity index (χ1v) is 10.8. The summed E-state index contributed by atoms with van der Waals surface area (Å²) in [5.74, 6) is 0.873. The fourth-order valence-electron chi connectivity index (χ4n) is 1.99. The number of carbonyl (C=O) groups is 1. The van der Waals surface area contributed by atoms with E-state index in [4.69, 9.17) is 9.16 Å². The molecule has 0 fully saturated rings. The summed E-state index contributed by atoms with van der Waals surface area (Å²) in [6.07, 6.45) is 7.26. The second-order valence-corrected chi connectivity index (χ2v) is 10.4. The van der Waals surface area contributed by atoms with Crippen LogP contribution in [0.3, 0.4) is 0 Å². The normalized spacial score (nSPS) is 12.8. The van der Waals surface area contributed by atoms with Crippen molar-refractivity contribution in [1.82, 2.24) is 0 Å². The predicted molar refractivity (Wildman–Crippen MR) is 82.5 cm³/mol. The van der Waals surface area contributed by atoms with E-state index in [-0.39, 0.29) is 6.10 Å². The van der Waals surface area contributed by atoms with Crippen LogP contribution in [0.4, 0.5) is 0 Å². The molecule has 0 aliphatic carbocycles. The summed E-state index contributed by atoms with van der Waals surface area (Å²) in [6, 6.07) is 0. The van der Waals surface area contributed by atoms with Gasteiger partial charge >= 0.3 is 0 Å². The van der Waals surface area contributed by atoms with Gasteiger partial charge in [0.1, 0.15) is 6.10 Å². The van der Waals surface area contributed by atoms with E-state index in [0.717, 1.165) is 37.9 Å². The lowest BCUT2D eigenvalue weighted by molar-refractivity contribution is -0.134. The van der Waals surface area contributed by atoms with Gasteiger partial charge in [-0.1, -0.05) is 26.3 Å². The SMILES string of the molecule is C=C(CCC[C@@H](CCCCC)OC=O)O[Si](C)(C)C. The molecule has 3 nitrogen and oxygen atoms in total. The summed E-state index contributed by atoms with van der Waals surface area (Å²) in [7, 11) is -1.53. The van der Waals surface area contributed by atoms with Crippen molar-refractivity contribution in [2.24, 2.45) is 0 Å². The molecule has 0 aromatic heterocycles. The van der Waals surface area contributed by atoms with E-state index in [1.165, 1.54) is 12.8 Å². The van der Waals surface area contributed by atoms with E-state index >= 15 is 0 Å². The molecule has 0 amide bonds. The molecule has 19 heavy (non-hydrogen) atoms. The van der Waals surface area contributed by atoms with Crippen LogP contribution in [0.1, 0.15) is 51.9 Å². The molecule has 0 spiro atoms. The second-order valence-electron chi connectivity index (χ2n) is 6.00. The number of hydrogen-bond donors (Lipinski definition) is 0. The van der Waals surface area contributed by atoms with E-state index in [2.05, 4.69) is 33.1 Å². The predicted octanol–water partition coefficient (Wildman–Crippen LogP) is 4.64. The molecule has 0 saturated carbocycles. The summed E-state index contributed by atoms with van der Waals surface area (Å²) >= 11 is 0. The molecular weight excluding hydrogens is 256 g/mol. The van der Waals surface area contributed by atoms with Gasteiger partial charge in [-0.25, -0.2) is 0 Å². The van der Waals surface area contributed by atoms with Crippen molar-refractivity contribution >= 4 is 14.8 Å². The molecule has 0 aliphatic heterocycles. The van der Waals surface area contributed by atoms with Crippen LogP contribution in [0.25, 0.3) is 0 Å². The summed E-state index contributed by atoms with van der Waals surface area (Å²) in [6.45, 7) is 13.2. The molecule has 0 rings (SSSR count). The number of allylic oxidation sites excluding steroid dienone is 1. The van der Waals surface area contributed by atoms with E-state index in [1.54, 1.807) is 0 Å². The highest BCUT2D eigenvalue weighted by Gasteiger charge is 2.17. The Bertz CT molecular complexity index is 259. The molecule has 0 N–H and O–H groups in total. The Morgan fingerprint density at radius 3 is 2.37 bits per heavy atom. The van der Waals surface area contributed by atoms with Gasteiger partial charge in [0.15, 0.2) is 0 Å². The van der Waals surface area contributed by atoms with Crippen molar-refractivity contribution in [3.05, 3.63) is 12.3 Å². The van der Waals surface area contributed by atoms with Crippen molar-refractivity contribution in [3.8, 4) is 0 Å². The third-order valence-electron chi connectivity index (χ3n) is 2.81. The summed E-state index contributed by atoms with van der Waals surface area (Å²) < 4.78 is 10.9. The fourth-order valence-corrected chi connectivity index (χ4v) is 2.96. The molecule has 0 radical (unpaired) electrons. The van der Waals surface area contributed by atoms with Gasteiger partial charge in [0, 0.05) is 6.42 Å². The summed E-state index contributed by atoms with van der Waals surface area (Å²) in [4.78, 5) is 10.5. The first kappa shape index (κ1) is 18.2.